The van der Waals surface area contributed by atoms with Crippen LogP contribution in [-0.2, 0) is 4.79 Å². The van der Waals surface area contributed by atoms with Crippen LogP contribution in [0.2, 0.25) is 0 Å². The first-order valence-corrected chi connectivity index (χ1v) is 6.11. The van der Waals surface area contributed by atoms with Crippen LogP contribution in [0.5, 0.6) is 0 Å². The fourth-order valence-electron chi connectivity index (χ4n) is 1.97. The van der Waals surface area contributed by atoms with Crippen LogP contribution in [0.1, 0.15) is 25.7 Å². The van der Waals surface area contributed by atoms with Crippen molar-refractivity contribution in [1.29, 1.82) is 0 Å². The van der Waals surface area contributed by atoms with E-state index in [2.05, 4.69) is 10.3 Å². The Hall–Kier alpha value is -0.940. The third-order valence-corrected chi connectivity index (χ3v) is 3.51. The number of carbonyl (C=O) groups is 1. The van der Waals surface area contributed by atoms with Gasteiger partial charge in [0.15, 0.2) is 5.13 Å². The molecule has 2 unspecified atom stereocenters. The molecule has 1 aromatic rings. The highest BCUT2D eigenvalue weighted by Gasteiger charge is 2.28. The predicted octanol–water partition coefficient (Wildman–Crippen LogP) is 1.60. The first-order valence-electron chi connectivity index (χ1n) is 5.23. The molecule has 0 aromatic carbocycles. The van der Waals surface area contributed by atoms with Crippen molar-refractivity contribution >= 4 is 22.4 Å². The molecule has 1 aromatic heterocycles. The second-order valence-electron chi connectivity index (χ2n) is 3.88. The van der Waals surface area contributed by atoms with E-state index >= 15 is 0 Å². The average Bonchev–Trinajstić information content (AvgIpc) is 2.71. The minimum atomic E-state index is -0.0392. The van der Waals surface area contributed by atoms with Crippen LogP contribution in [0.15, 0.2) is 11.6 Å². The van der Waals surface area contributed by atoms with E-state index in [1.54, 1.807) is 6.20 Å². The fourth-order valence-corrected chi connectivity index (χ4v) is 2.50. The molecule has 0 saturated heterocycles. The second kappa shape index (κ2) is 4.72. The quantitative estimate of drug-likeness (QED) is 0.803. The van der Waals surface area contributed by atoms with Crippen LogP contribution >= 0.6 is 11.3 Å². The number of amides is 1. The fraction of sp³-hybridized carbons (Fsp3) is 0.600. The molecule has 1 saturated carbocycles. The van der Waals surface area contributed by atoms with Crippen molar-refractivity contribution in [1.82, 2.24) is 4.98 Å². The number of hydrogen-bond acceptors (Lipinski definition) is 4. The highest BCUT2D eigenvalue weighted by Crippen LogP contribution is 2.24. The van der Waals surface area contributed by atoms with Gasteiger partial charge in [-0.3, -0.25) is 4.79 Å². The van der Waals surface area contributed by atoms with E-state index in [1.165, 1.54) is 11.3 Å². The molecule has 1 heterocycles. The van der Waals surface area contributed by atoms with Crippen LogP contribution in [0.25, 0.3) is 0 Å². The molecule has 0 aliphatic heterocycles. The molecule has 0 bridgehead atoms. The van der Waals surface area contributed by atoms with Gasteiger partial charge in [-0.2, -0.15) is 0 Å². The summed E-state index contributed by atoms with van der Waals surface area (Å²) in [6.45, 7) is 0. The maximum Gasteiger partial charge on any atom is 0.230 e. The van der Waals surface area contributed by atoms with Crippen molar-refractivity contribution in [3.63, 3.8) is 0 Å². The first kappa shape index (κ1) is 10.6. The van der Waals surface area contributed by atoms with E-state index < -0.39 is 0 Å². The number of rotatable bonds is 2. The molecule has 5 heteroatoms. The van der Waals surface area contributed by atoms with Crippen molar-refractivity contribution in [3.8, 4) is 0 Å². The lowest BCUT2D eigenvalue weighted by Crippen LogP contribution is -2.40. The van der Waals surface area contributed by atoms with Gasteiger partial charge in [0, 0.05) is 17.6 Å². The predicted molar refractivity (Wildman–Crippen MR) is 60.7 cm³/mol. The van der Waals surface area contributed by atoms with Gasteiger partial charge in [0.1, 0.15) is 0 Å². The summed E-state index contributed by atoms with van der Waals surface area (Å²) < 4.78 is 0. The topological polar surface area (TPSA) is 68.0 Å². The summed E-state index contributed by atoms with van der Waals surface area (Å²) in [4.78, 5) is 15.9. The van der Waals surface area contributed by atoms with E-state index in [0.717, 1.165) is 25.7 Å². The Morgan fingerprint density at radius 3 is 3.00 bits per heavy atom. The third-order valence-electron chi connectivity index (χ3n) is 2.82. The number of nitrogens with one attached hydrogen (secondary N) is 1. The van der Waals surface area contributed by atoms with Gasteiger partial charge in [-0.15, -0.1) is 11.3 Å². The zero-order valence-electron chi connectivity index (χ0n) is 8.48. The first-order chi connectivity index (χ1) is 7.27. The van der Waals surface area contributed by atoms with Gasteiger partial charge >= 0.3 is 0 Å². The van der Waals surface area contributed by atoms with Crippen molar-refractivity contribution in [3.05, 3.63) is 11.6 Å². The molecule has 3 N–H and O–H groups in total. The zero-order chi connectivity index (χ0) is 10.7. The molecule has 2 rings (SSSR count). The lowest BCUT2D eigenvalue weighted by atomic mass is 9.84. The molecule has 82 valence electrons. The maximum atomic E-state index is 11.9. The Bertz CT molecular complexity index is 325. The van der Waals surface area contributed by atoms with Gasteiger partial charge < -0.3 is 11.1 Å². The lowest BCUT2D eigenvalue weighted by Gasteiger charge is -2.26. The second-order valence-corrected chi connectivity index (χ2v) is 4.78. The third kappa shape index (κ3) is 2.54. The summed E-state index contributed by atoms with van der Waals surface area (Å²) in [6.07, 6.45) is 5.78. The Labute approximate surface area is 92.9 Å². The monoisotopic (exact) mass is 225 g/mol. The molecule has 1 aliphatic rings. The van der Waals surface area contributed by atoms with E-state index in [9.17, 15) is 4.79 Å². The Kier molecular flexibility index (Phi) is 3.33. The van der Waals surface area contributed by atoms with Gasteiger partial charge in [0.05, 0.1) is 5.92 Å². The number of hydrogen-bond donors (Lipinski definition) is 2. The van der Waals surface area contributed by atoms with Crippen molar-refractivity contribution < 1.29 is 4.79 Å². The van der Waals surface area contributed by atoms with Crippen molar-refractivity contribution in [2.75, 3.05) is 5.32 Å². The molecule has 0 spiro atoms. The minimum absolute atomic E-state index is 0.0127. The molecule has 4 nitrogen and oxygen atoms in total. The summed E-state index contributed by atoms with van der Waals surface area (Å²) in [6, 6.07) is 0.0127. The summed E-state index contributed by atoms with van der Waals surface area (Å²) in [5.41, 5.74) is 5.93. The number of anilines is 1. The number of nitrogens with two attached hydrogens (primary N) is 1. The number of thiazole rings is 1. The Morgan fingerprint density at radius 2 is 2.33 bits per heavy atom. The van der Waals surface area contributed by atoms with Gasteiger partial charge in [-0.05, 0) is 12.8 Å². The molecule has 0 radical (unpaired) electrons. The number of nitrogens with zero attached hydrogens (tertiary/aromatic N) is 1. The molecular weight excluding hydrogens is 210 g/mol. The lowest BCUT2D eigenvalue weighted by molar-refractivity contribution is -0.121. The van der Waals surface area contributed by atoms with Crippen LogP contribution in [0, 0.1) is 5.92 Å². The van der Waals surface area contributed by atoms with Gasteiger partial charge in [0.2, 0.25) is 5.91 Å². The van der Waals surface area contributed by atoms with Crippen LogP contribution in [0.3, 0.4) is 0 Å². The summed E-state index contributed by atoms with van der Waals surface area (Å²) >= 11 is 1.43. The molecule has 1 aliphatic carbocycles. The van der Waals surface area contributed by atoms with E-state index in [1.807, 2.05) is 5.38 Å². The summed E-state index contributed by atoms with van der Waals surface area (Å²) in [5, 5.41) is 5.32. The Balaban J connectivity index is 1.95. The van der Waals surface area contributed by atoms with Gasteiger partial charge in [-0.25, -0.2) is 4.98 Å². The minimum Gasteiger partial charge on any atom is -0.327 e. The highest BCUT2D eigenvalue weighted by molar-refractivity contribution is 7.13. The van der Waals surface area contributed by atoms with E-state index in [0.29, 0.717) is 5.13 Å². The van der Waals surface area contributed by atoms with E-state index in [-0.39, 0.29) is 17.9 Å². The SMILES string of the molecule is NC1CCCCC1C(=O)Nc1nccs1. The molecule has 15 heavy (non-hydrogen) atoms. The molecule has 1 amide bonds. The highest BCUT2D eigenvalue weighted by atomic mass is 32.1. The van der Waals surface area contributed by atoms with Gasteiger partial charge in [-0.1, -0.05) is 12.8 Å². The molecule has 1 fully saturated rings. The average molecular weight is 225 g/mol. The van der Waals surface area contributed by atoms with Gasteiger partial charge in [0.25, 0.3) is 0 Å². The van der Waals surface area contributed by atoms with Crippen LogP contribution in [0.4, 0.5) is 5.13 Å². The largest absolute Gasteiger partial charge is 0.327 e. The Morgan fingerprint density at radius 1 is 1.53 bits per heavy atom. The van der Waals surface area contributed by atoms with Crippen molar-refractivity contribution in [2.45, 2.75) is 31.7 Å². The smallest absolute Gasteiger partial charge is 0.230 e. The van der Waals surface area contributed by atoms with Crippen LogP contribution < -0.4 is 11.1 Å². The molecule has 2 atom stereocenters. The molecular formula is C10H15N3OS. The zero-order valence-corrected chi connectivity index (χ0v) is 9.30. The maximum absolute atomic E-state index is 11.9. The van der Waals surface area contributed by atoms with Crippen LogP contribution in [-0.4, -0.2) is 16.9 Å². The summed E-state index contributed by atoms with van der Waals surface area (Å²) in [7, 11) is 0. The normalized spacial score (nSPS) is 26.2. The van der Waals surface area contributed by atoms with E-state index in [4.69, 9.17) is 5.73 Å². The van der Waals surface area contributed by atoms with Crippen molar-refractivity contribution in [2.24, 2.45) is 11.7 Å². The number of carbonyl (C=O) groups excluding carboxylic acids is 1. The standard InChI is InChI=1S/C10H15N3OS/c11-8-4-2-1-3-7(8)9(14)13-10-12-5-6-15-10/h5-8H,1-4,11H2,(H,12,13,14). The number of aromatic nitrogens is 1. The summed E-state index contributed by atoms with van der Waals surface area (Å²) in [5.74, 6) is -0.0141.